The first-order chi connectivity index (χ1) is 6.07. The Morgan fingerprint density at radius 3 is 2.85 bits per heavy atom. The molecule has 0 aromatic rings. The summed E-state index contributed by atoms with van der Waals surface area (Å²) in [7, 11) is 0. The van der Waals surface area contributed by atoms with Crippen LogP contribution in [-0.2, 0) is 0 Å². The van der Waals surface area contributed by atoms with Gasteiger partial charge in [0.25, 0.3) is 0 Å². The second-order valence-electron chi connectivity index (χ2n) is 4.78. The highest BCUT2D eigenvalue weighted by Crippen LogP contribution is 2.59. The summed E-state index contributed by atoms with van der Waals surface area (Å²) in [5.41, 5.74) is 1.28. The number of hydrogen-bond donors (Lipinski definition) is 1. The van der Waals surface area contributed by atoms with Gasteiger partial charge in [-0.05, 0) is 35.7 Å². The molecule has 1 fully saturated rings. The third-order valence-corrected chi connectivity index (χ3v) is 3.95. The Hall–Kier alpha value is -0.810. The van der Waals surface area contributed by atoms with E-state index in [4.69, 9.17) is 5.26 Å². The number of allylic oxidation sites excluding steroid dienone is 1. The SMILES string of the molecule is CC1(C)C2CC=C([C@@H](O)C#N)C1C2. The van der Waals surface area contributed by atoms with Crippen LogP contribution < -0.4 is 0 Å². The van der Waals surface area contributed by atoms with E-state index < -0.39 is 6.10 Å². The number of fused-ring (bicyclic) bond motifs is 1. The number of aliphatic hydroxyl groups excluding tert-OH is 1. The predicted molar refractivity (Wildman–Crippen MR) is 49.7 cm³/mol. The van der Waals surface area contributed by atoms with E-state index in [1.54, 1.807) is 0 Å². The Bertz CT molecular complexity index is 298. The number of rotatable bonds is 1. The smallest absolute Gasteiger partial charge is 0.162 e. The van der Waals surface area contributed by atoms with Gasteiger partial charge in [0.05, 0.1) is 6.07 Å². The number of nitriles is 1. The molecule has 0 aromatic carbocycles. The van der Waals surface area contributed by atoms with Crippen LogP contribution in [-0.4, -0.2) is 11.2 Å². The molecule has 2 nitrogen and oxygen atoms in total. The molecule has 3 aliphatic carbocycles. The molecule has 3 rings (SSSR count). The van der Waals surface area contributed by atoms with Crippen LogP contribution in [0, 0.1) is 28.6 Å². The fourth-order valence-electron chi connectivity index (χ4n) is 2.78. The Morgan fingerprint density at radius 1 is 1.69 bits per heavy atom. The van der Waals surface area contributed by atoms with Crippen molar-refractivity contribution in [1.82, 2.24) is 0 Å². The van der Waals surface area contributed by atoms with E-state index in [1.807, 2.05) is 6.07 Å². The topological polar surface area (TPSA) is 44.0 Å². The molecule has 1 saturated carbocycles. The zero-order valence-electron chi connectivity index (χ0n) is 8.12. The zero-order chi connectivity index (χ0) is 9.64. The van der Waals surface area contributed by atoms with Gasteiger partial charge in [-0.1, -0.05) is 19.9 Å². The monoisotopic (exact) mass is 177 g/mol. The van der Waals surface area contributed by atoms with E-state index in [-0.39, 0.29) is 0 Å². The van der Waals surface area contributed by atoms with Crippen LogP contribution in [0.5, 0.6) is 0 Å². The lowest BCUT2D eigenvalue weighted by atomic mass is 9.48. The Balaban J connectivity index is 2.24. The molecule has 0 radical (unpaired) electrons. The summed E-state index contributed by atoms with van der Waals surface area (Å²) in [4.78, 5) is 0. The molecule has 2 bridgehead atoms. The minimum Gasteiger partial charge on any atom is -0.374 e. The van der Waals surface area contributed by atoms with E-state index >= 15 is 0 Å². The first-order valence-corrected chi connectivity index (χ1v) is 4.85. The maximum Gasteiger partial charge on any atom is 0.162 e. The minimum absolute atomic E-state index is 0.307. The zero-order valence-corrected chi connectivity index (χ0v) is 8.12. The molecule has 13 heavy (non-hydrogen) atoms. The fraction of sp³-hybridized carbons (Fsp3) is 0.727. The summed E-state index contributed by atoms with van der Waals surface area (Å²) in [6.45, 7) is 4.48. The highest BCUT2D eigenvalue weighted by molar-refractivity contribution is 5.29. The highest BCUT2D eigenvalue weighted by atomic mass is 16.3. The average molecular weight is 177 g/mol. The average Bonchev–Trinajstić information content (AvgIpc) is 2.16. The van der Waals surface area contributed by atoms with E-state index in [9.17, 15) is 5.11 Å². The third-order valence-electron chi connectivity index (χ3n) is 3.95. The molecule has 0 spiro atoms. The van der Waals surface area contributed by atoms with Crippen molar-refractivity contribution in [1.29, 1.82) is 5.26 Å². The number of aliphatic hydroxyl groups is 1. The maximum absolute atomic E-state index is 9.48. The molecule has 0 heterocycles. The molecule has 3 aliphatic rings. The van der Waals surface area contributed by atoms with E-state index in [1.165, 1.54) is 0 Å². The van der Waals surface area contributed by atoms with Crippen molar-refractivity contribution in [2.75, 3.05) is 0 Å². The second-order valence-corrected chi connectivity index (χ2v) is 4.78. The fourth-order valence-corrected chi connectivity index (χ4v) is 2.78. The van der Waals surface area contributed by atoms with Crippen LogP contribution in [0.15, 0.2) is 11.6 Å². The second kappa shape index (κ2) is 2.59. The molecule has 1 N–H and O–H groups in total. The molecular weight excluding hydrogens is 162 g/mol. The van der Waals surface area contributed by atoms with Crippen molar-refractivity contribution < 1.29 is 5.11 Å². The lowest BCUT2D eigenvalue weighted by molar-refractivity contribution is -0.0170. The van der Waals surface area contributed by atoms with Crippen LogP contribution in [0.2, 0.25) is 0 Å². The van der Waals surface area contributed by atoms with Gasteiger partial charge in [-0.2, -0.15) is 5.26 Å². The van der Waals surface area contributed by atoms with E-state index in [0.29, 0.717) is 11.3 Å². The molecule has 2 unspecified atom stereocenters. The van der Waals surface area contributed by atoms with Crippen LogP contribution in [0.25, 0.3) is 0 Å². The normalized spacial score (nSPS) is 36.9. The van der Waals surface area contributed by atoms with E-state index in [0.717, 1.165) is 24.3 Å². The molecule has 0 aromatic heterocycles. The van der Waals surface area contributed by atoms with Crippen LogP contribution in [0.4, 0.5) is 0 Å². The van der Waals surface area contributed by atoms with Gasteiger partial charge in [0.15, 0.2) is 6.10 Å². The summed E-state index contributed by atoms with van der Waals surface area (Å²) in [5, 5.41) is 18.1. The standard InChI is InChI=1S/C11H15NO/c1-11(2)7-3-4-8(9(11)5-7)10(13)6-12/h4,7,9-10,13H,3,5H2,1-2H3/t7?,9?,10-/m0/s1. The highest BCUT2D eigenvalue weighted by Gasteiger charge is 2.52. The molecule has 70 valence electrons. The van der Waals surface area contributed by atoms with Crippen molar-refractivity contribution in [2.24, 2.45) is 17.3 Å². The van der Waals surface area contributed by atoms with Crippen LogP contribution in [0.3, 0.4) is 0 Å². The van der Waals surface area contributed by atoms with Crippen LogP contribution >= 0.6 is 0 Å². The van der Waals surface area contributed by atoms with Crippen molar-refractivity contribution in [3.63, 3.8) is 0 Å². The summed E-state index contributed by atoms with van der Waals surface area (Å²) in [6.07, 6.45) is 3.40. The molecule has 0 aliphatic heterocycles. The van der Waals surface area contributed by atoms with Gasteiger partial charge < -0.3 is 5.11 Å². The number of hydrogen-bond acceptors (Lipinski definition) is 2. The van der Waals surface area contributed by atoms with Crippen molar-refractivity contribution in [3.05, 3.63) is 11.6 Å². The van der Waals surface area contributed by atoms with Gasteiger partial charge >= 0.3 is 0 Å². The van der Waals surface area contributed by atoms with Gasteiger partial charge in [0, 0.05) is 0 Å². The van der Waals surface area contributed by atoms with Gasteiger partial charge in [0.1, 0.15) is 0 Å². The summed E-state index contributed by atoms with van der Waals surface area (Å²) < 4.78 is 0. The molecule has 2 heteroatoms. The van der Waals surface area contributed by atoms with Gasteiger partial charge in [-0.3, -0.25) is 0 Å². The quantitative estimate of drug-likeness (QED) is 0.491. The summed E-state index contributed by atoms with van der Waals surface area (Å²) in [6, 6.07) is 1.91. The summed E-state index contributed by atoms with van der Waals surface area (Å²) >= 11 is 0. The van der Waals surface area contributed by atoms with Crippen molar-refractivity contribution in [3.8, 4) is 6.07 Å². The molecular formula is C11H15NO. The van der Waals surface area contributed by atoms with E-state index in [2.05, 4.69) is 19.9 Å². The Morgan fingerprint density at radius 2 is 2.38 bits per heavy atom. The number of nitrogens with zero attached hydrogens (tertiary/aromatic N) is 1. The predicted octanol–water partition coefficient (Wildman–Crippen LogP) is 1.86. The third kappa shape index (κ3) is 1.04. The lowest BCUT2D eigenvalue weighted by Crippen LogP contribution is -2.49. The van der Waals surface area contributed by atoms with Crippen LogP contribution in [0.1, 0.15) is 26.7 Å². The molecule has 3 atom stereocenters. The first kappa shape index (κ1) is 8.77. The van der Waals surface area contributed by atoms with Gasteiger partial charge in [0.2, 0.25) is 0 Å². The minimum atomic E-state index is -0.870. The van der Waals surface area contributed by atoms with Gasteiger partial charge in [-0.25, -0.2) is 0 Å². The maximum atomic E-state index is 9.48. The lowest BCUT2D eigenvalue weighted by Gasteiger charge is -2.56. The summed E-state index contributed by atoms with van der Waals surface area (Å²) in [5.74, 6) is 1.22. The van der Waals surface area contributed by atoms with Crippen molar-refractivity contribution >= 4 is 0 Å². The van der Waals surface area contributed by atoms with Crippen molar-refractivity contribution in [2.45, 2.75) is 32.8 Å². The Labute approximate surface area is 78.9 Å². The Kier molecular flexibility index (Phi) is 1.75. The van der Waals surface area contributed by atoms with Gasteiger partial charge in [-0.15, -0.1) is 0 Å². The largest absolute Gasteiger partial charge is 0.374 e. The first-order valence-electron chi connectivity index (χ1n) is 4.85. The molecule has 0 amide bonds. The molecule has 0 saturated heterocycles.